The number of sulfone groups is 1. The molecule has 1 aliphatic carbocycles. The van der Waals surface area contributed by atoms with Crippen LogP contribution in [0.15, 0.2) is 41.4 Å². The van der Waals surface area contributed by atoms with Gasteiger partial charge in [-0.05, 0) is 43.0 Å². The van der Waals surface area contributed by atoms with Gasteiger partial charge in [-0.1, -0.05) is 18.2 Å². The maximum Gasteiger partial charge on any atom is 0.355 e. The Labute approximate surface area is 145 Å². The van der Waals surface area contributed by atoms with Crippen molar-refractivity contribution in [1.82, 2.24) is 4.98 Å². The van der Waals surface area contributed by atoms with Crippen molar-refractivity contribution in [3.05, 3.63) is 53.3 Å². The normalized spacial score (nSPS) is 20.4. The van der Waals surface area contributed by atoms with Crippen molar-refractivity contribution in [1.29, 1.82) is 0 Å². The van der Waals surface area contributed by atoms with Crippen LogP contribution in [0.5, 0.6) is 0 Å². The number of H-pyrrole nitrogens is 1. The summed E-state index contributed by atoms with van der Waals surface area (Å²) in [6, 6.07) is 8.32. The molecule has 128 valence electrons. The largest absolute Gasteiger partial charge is 0.461 e. The first kappa shape index (κ1) is 17.0. The van der Waals surface area contributed by atoms with E-state index in [9.17, 15) is 13.2 Å². The Bertz CT molecular complexity index is 845. The number of nitrogens with one attached hydrogen (secondary N) is 1. The average molecular weight is 368 g/mol. The predicted molar refractivity (Wildman–Crippen MR) is 91.2 cm³/mol. The summed E-state index contributed by atoms with van der Waals surface area (Å²) in [4.78, 5) is 15.1. The molecule has 0 saturated heterocycles. The molecular weight excluding hydrogens is 350 g/mol. The Morgan fingerprint density at radius 2 is 2.00 bits per heavy atom. The van der Waals surface area contributed by atoms with Crippen LogP contribution in [-0.4, -0.2) is 36.6 Å². The monoisotopic (exact) mass is 367 g/mol. The lowest BCUT2D eigenvalue weighted by molar-refractivity contribution is 0.0519. The zero-order chi connectivity index (χ0) is 17.3. The topological polar surface area (TPSA) is 76.2 Å². The van der Waals surface area contributed by atoms with Crippen LogP contribution in [0.25, 0.3) is 0 Å². The van der Waals surface area contributed by atoms with E-state index in [1.807, 2.05) is 0 Å². The number of rotatable bonds is 4. The maximum atomic E-state index is 12.9. The van der Waals surface area contributed by atoms with E-state index >= 15 is 0 Å². The number of halogens is 1. The number of fused-ring (bicyclic) bond motifs is 1. The highest BCUT2D eigenvalue weighted by Crippen LogP contribution is 2.34. The number of carbonyl (C=O) groups is 1. The third kappa shape index (κ3) is 2.96. The smallest absolute Gasteiger partial charge is 0.355 e. The van der Waals surface area contributed by atoms with Gasteiger partial charge in [0.25, 0.3) is 0 Å². The minimum atomic E-state index is -3.54. The first-order chi connectivity index (χ1) is 11.4. The summed E-state index contributed by atoms with van der Waals surface area (Å²) in [5.74, 6) is -0.438. The molecule has 1 aromatic carbocycles. The van der Waals surface area contributed by atoms with E-state index in [0.717, 1.165) is 11.1 Å². The van der Waals surface area contributed by atoms with Gasteiger partial charge in [-0.2, -0.15) is 0 Å². The van der Waals surface area contributed by atoms with Gasteiger partial charge in [0.1, 0.15) is 5.69 Å². The zero-order valence-electron chi connectivity index (χ0n) is 13.2. The fourth-order valence-electron chi connectivity index (χ4n) is 3.05. The number of aromatic nitrogens is 1. The van der Waals surface area contributed by atoms with Gasteiger partial charge in [-0.15, -0.1) is 11.6 Å². The minimum Gasteiger partial charge on any atom is -0.461 e. The standard InChI is InChI=1S/C17H18ClNO4S/c1-2-23-17(20)16-13-9-14(18)15(8-11(13)10-19-16)24(21,22)12-6-4-3-5-7-12/h3-7,10,14-15,19H,2,8-9H2,1H3/t14-,15-/m1/s1. The number of esters is 1. The molecule has 7 heteroatoms. The van der Waals surface area contributed by atoms with Crippen molar-refractivity contribution < 1.29 is 17.9 Å². The lowest BCUT2D eigenvalue weighted by Gasteiger charge is -2.27. The Morgan fingerprint density at radius 3 is 2.67 bits per heavy atom. The maximum absolute atomic E-state index is 12.9. The Hall–Kier alpha value is -1.79. The van der Waals surface area contributed by atoms with Crippen LogP contribution in [0.2, 0.25) is 0 Å². The molecule has 5 nitrogen and oxygen atoms in total. The van der Waals surface area contributed by atoms with Gasteiger partial charge < -0.3 is 9.72 Å². The van der Waals surface area contributed by atoms with E-state index in [4.69, 9.17) is 16.3 Å². The number of ether oxygens (including phenoxy) is 1. The molecule has 2 aromatic rings. The lowest BCUT2D eigenvalue weighted by atomic mass is 9.93. The average Bonchev–Trinajstić information content (AvgIpc) is 2.98. The Morgan fingerprint density at radius 1 is 1.29 bits per heavy atom. The number of hydrogen-bond acceptors (Lipinski definition) is 4. The fraction of sp³-hybridized carbons (Fsp3) is 0.353. The second-order valence-corrected chi connectivity index (χ2v) is 8.44. The quantitative estimate of drug-likeness (QED) is 0.666. The molecule has 24 heavy (non-hydrogen) atoms. The van der Waals surface area contributed by atoms with Crippen molar-refractivity contribution in [2.75, 3.05) is 6.61 Å². The summed E-state index contributed by atoms with van der Waals surface area (Å²) >= 11 is 6.41. The fourth-order valence-corrected chi connectivity index (χ4v) is 5.47. The molecule has 0 amide bonds. The second kappa shape index (κ2) is 6.61. The molecule has 3 rings (SSSR count). The van der Waals surface area contributed by atoms with E-state index in [2.05, 4.69) is 4.98 Å². The van der Waals surface area contributed by atoms with Crippen LogP contribution in [0.1, 0.15) is 28.5 Å². The number of hydrogen-bond donors (Lipinski definition) is 1. The SMILES string of the molecule is CCOC(=O)c1[nH]cc2c1C[C@@H](Cl)[C@H](S(=O)(=O)c1ccccc1)C2. The van der Waals surface area contributed by atoms with Crippen molar-refractivity contribution >= 4 is 27.4 Å². The Kier molecular flexibility index (Phi) is 4.69. The summed E-state index contributed by atoms with van der Waals surface area (Å²) in [5.41, 5.74) is 1.93. The molecule has 0 bridgehead atoms. The van der Waals surface area contributed by atoms with Crippen LogP contribution in [0.3, 0.4) is 0 Å². The molecule has 1 N–H and O–H groups in total. The third-order valence-corrected chi connectivity index (χ3v) is 7.08. The summed E-state index contributed by atoms with van der Waals surface area (Å²) in [6.07, 6.45) is 2.26. The van der Waals surface area contributed by atoms with E-state index < -0.39 is 26.4 Å². The second-order valence-electron chi connectivity index (χ2n) is 5.71. The van der Waals surface area contributed by atoms with Gasteiger partial charge in [0.05, 0.1) is 22.1 Å². The van der Waals surface area contributed by atoms with Gasteiger partial charge in [0, 0.05) is 6.20 Å². The Balaban J connectivity index is 1.93. The van der Waals surface area contributed by atoms with Gasteiger partial charge in [-0.25, -0.2) is 13.2 Å². The molecular formula is C17H18ClNO4S. The summed E-state index contributed by atoms with van der Waals surface area (Å²) < 4.78 is 30.7. The van der Waals surface area contributed by atoms with Crippen molar-refractivity contribution in [2.24, 2.45) is 0 Å². The van der Waals surface area contributed by atoms with E-state index in [-0.39, 0.29) is 17.9 Å². The van der Waals surface area contributed by atoms with E-state index in [0.29, 0.717) is 12.1 Å². The molecule has 0 unspecified atom stereocenters. The van der Waals surface area contributed by atoms with Crippen molar-refractivity contribution in [2.45, 2.75) is 35.3 Å². The minimum absolute atomic E-state index is 0.269. The van der Waals surface area contributed by atoms with Gasteiger partial charge in [-0.3, -0.25) is 0 Å². The number of aromatic amines is 1. The molecule has 1 aliphatic rings. The zero-order valence-corrected chi connectivity index (χ0v) is 14.7. The molecule has 1 aromatic heterocycles. The van der Waals surface area contributed by atoms with Crippen molar-refractivity contribution in [3.8, 4) is 0 Å². The molecule has 0 saturated carbocycles. The molecule has 0 aliphatic heterocycles. The van der Waals surface area contributed by atoms with Crippen LogP contribution >= 0.6 is 11.6 Å². The van der Waals surface area contributed by atoms with E-state index in [1.165, 1.54) is 0 Å². The molecule has 0 spiro atoms. The highest BCUT2D eigenvalue weighted by molar-refractivity contribution is 7.92. The van der Waals surface area contributed by atoms with Crippen molar-refractivity contribution in [3.63, 3.8) is 0 Å². The molecule has 0 radical (unpaired) electrons. The van der Waals surface area contributed by atoms with Crippen LogP contribution < -0.4 is 0 Å². The third-order valence-electron chi connectivity index (χ3n) is 4.25. The highest BCUT2D eigenvalue weighted by Gasteiger charge is 2.39. The first-order valence-corrected chi connectivity index (χ1v) is 9.72. The molecule has 2 atom stereocenters. The van der Waals surface area contributed by atoms with Crippen LogP contribution in [-0.2, 0) is 27.4 Å². The molecule has 1 heterocycles. The highest BCUT2D eigenvalue weighted by atomic mass is 35.5. The number of alkyl halides is 1. The van der Waals surface area contributed by atoms with E-state index in [1.54, 1.807) is 43.5 Å². The predicted octanol–water partition coefficient (Wildman–Crippen LogP) is 2.74. The van der Waals surface area contributed by atoms with Gasteiger partial charge >= 0.3 is 5.97 Å². The van der Waals surface area contributed by atoms with Gasteiger partial charge in [0.15, 0.2) is 9.84 Å². The summed E-state index contributed by atoms with van der Waals surface area (Å²) in [7, 11) is -3.54. The van der Waals surface area contributed by atoms with Crippen LogP contribution in [0.4, 0.5) is 0 Å². The lowest BCUT2D eigenvalue weighted by Crippen LogP contribution is -2.38. The van der Waals surface area contributed by atoms with Crippen LogP contribution in [0, 0.1) is 0 Å². The number of benzene rings is 1. The molecule has 0 fully saturated rings. The first-order valence-electron chi connectivity index (χ1n) is 7.74. The number of carbonyl (C=O) groups excluding carboxylic acids is 1. The summed E-state index contributed by atoms with van der Waals surface area (Å²) in [6.45, 7) is 2.02. The van der Waals surface area contributed by atoms with Gasteiger partial charge in [0.2, 0.25) is 0 Å². The summed E-state index contributed by atoms with van der Waals surface area (Å²) in [5, 5.41) is -1.33.